The van der Waals surface area contributed by atoms with Gasteiger partial charge in [0.05, 0.1) is 18.1 Å². The van der Waals surface area contributed by atoms with Crippen molar-refractivity contribution >= 4 is 41.0 Å². The number of carbonyl (C=O) groups excluding carboxylic acids is 1. The summed E-state index contributed by atoms with van der Waals surface area (Å²) >= 11 is 9.45. The van der Waals surface area contributed by atoms with Gasteiger partial charge >= 0.3 is 0 Å². The summed E-state index contributed by atoms with van der Waals surface area (Å²) in [5, 5.41) is 0.813. The quantitative estimate of drug-likeness (QED) is 0.599. The van der Waals surface area contributed by atoms with E-state index in [4.69, 9.17) is 16.0 Å². The van der Waals surface area contributed by atoms with Crippen LogP contribution in [0.4, 0.5) is 0 Å². The molecule has 1 fully saturated rings. The lowest BCUT2D eigenvalue weighted by atomic mass is 10.2. The van der Waals surface area contributed by atoms with Crippen LogP contribution in [0.1, 0.15) is 22.5 Å². The van der Waals surface area contributed by atoms with E-state index in [2.05, 4.69) is 4.90 Å². The van der Waals surface area contributed by atoms with E-state index in [1.54, 1.807) is 23.5 Å². The van der Waals surface area contributed by atoms with Gasteiger partial charge in [0.2, 0.25) is 5.91 Å². The molecule has 2 heterocycles. The zero-order chi connectivity index (χ0) is 18.5. The van der Waals surface area contributed by atoms with Gasteiger partial charge in [-0.3, -0.25) is 4.79 Å². The number of carbonyl (C=O) groups is 1. The first-order valence-corrected chi connectivity index (χ1v) is 11.1. The zero-order valence-electron chi connectivity index (χ0n) is 15.0. The summed E-state index contributed by atoms with van der Waals surface area (Å²) in [5.41, 5.74) is 1.13. The summed E-state index contributed by atoms with van der Waals surface area (Å²) < 4.78 is 5.83. The number of halogens is 1. The van der Waals surface area contributed by atoms with Gasteiger partial charge in [0.15, 0.2) is 0 Å². The Balaban J connectivity index is 1.49. The van der Waals surface area contributed by atoms with Gasteiger partial charge in [-0.05, 0) is 43.9 Å². The maximum Gasteiger partial charge on any atom is 0.233 e. The molecule has 3 rings (SSSR count). The Morgan fingerprint density at radius 1 is 1.23 bits per heavy atom. The molecule has 0 aliphatic carbocycles. The summed E-state index contributed by atoms with van der Waals surface area (Å²) in [5.74, 6) is 4.45. The molecule has 1 aromatic heterocycles. The monoisotopic (exact) mass is 410 g/mol. The second-order valence-corrected chi connectivity index (χ2v) is 9.07. The maximum absolute atomic E-state index is 12.2. The zero-order valence-corrected chi connectivity index (χ0v) is 17.4. The molecule has 0 spiro atoms. The van der Waals surface area contributed by atoms with Crippen LogP contribution in [-0.4, -0.2) is 47.9 Å². The van der Waals surface area contributed by atoms with Crippen molar-refractivity contribution in [2.45, 2.75) is 17.7 Å². The van der Waals surface area contributed by atoms with Gasteiger partial charge < -0.3 is 14.2 Å². The van der Waals surface area contributed by atoms with Gasteiger partial charge in [-0.1, -0.05) is 23.7 Å². The third kappa shape index (κ3) is 5.22. The van der Waals surface area contributed by atoms with Crippen molar-refractivity contribution in [3.8, 4) is 0 Å². The summed E-state index contributed by atoms with van der Waals surface area (Å²) in [6, 6.07) is 11.9. The van der Waals surface area contributed by atoms with Crippen LogP contribution in [0.2, 0.25) is 5.02 Å². The second-order valence-electron chi connectivity index (χ2n) is 6.46. The smallest absolute Gasteiger partial charge is 0.233 e. The van der Waals surface area contributed by atoms with Gasteiger partial charge in [0, 0.05) is 17.3 Å². The van der Waals surface area contributed by atoms with E-state index in [9.17, 15) is 4.79 Å². The van der Waals surface area contributed by atoms with Gasteiger partial charge in [-0.25, -0.2) is 0 Å². The molecular formula is C19H23ClN2O2S2. The van der Waals surface area contributed by atoms with Crippen molar-refractivity contribution in [3.05, 3.63) is 58.5 Å². The molecule has 0 saturated carbocycles. The molecule has 1 atom stereocenters. The van der Waals surface area contributed by atoms with E-state index in [1.165, 1.54) is 0 Å². The number of benzene rings is 1. The molecule has 2 aromatic rings. The van der Waals surface area contributed by atoms with Crippen molar-refractivity contribution in [1.82, 2.24) is 9.80 Å². The Kier molecular flexibility index (Phi) is 6.98. The lowest BCUT2D eigenvalue weighted by Crippen LogP contribution is -2.30. The van der Waals surface area contributed by atoms with E-state index in [0.29, 0.717) is 5.75 Å². The van der Waals surface area contributed by atoms with E-state index in [0.717, 1.165) is 46.7 Å². The number of amides is 1. The highest BCUT2D eigenvalue weighted by atomic mass is 35.5. The van der Waals surface area contributed by atoms with Crippen LogP contribution in [0, 0.1) is 0 Å². The first-order valence-electron chi connectivity index (χ1n) is 8.49. The van der Waals surface area contributed by atoms with Crippen LogP contribution < -0.4 is 0 Å². The van der Waals surface area contributed by atoms with Crippen LogP contribution >= 0.6 is 35.1 Å². The summed E-state index contributed by atoms with van der Waals surface area (Å²) in [7, 11) is 4.05. The second kappa shape index (κ2) is 9.22. The van der Waals surface area contributed by atoms with Gasteiger partial charge in [0.1, 0.15) is 16.9 Å². The molecular weight excluding hydrogens is 388 g/mol. The third-order valence-corrected chi connectivity index (χ3v) is 6.50. The fraction of sp³-hybridized carbons (Fsp3) is 0.421. The largest absolute Gasteiger partial charge is 0.464 e. The van der Waals surface area contributed by atoms with Crippen LogP contribution in [0.15, 0.2) is 40.8 Å². The number of thioether (sulfide) groups is 2. The van der Waals surface area contributed by atoms with Gasteiger partial charge in [-0.15, -0.1) is 11.8 Å². The molecule has 1 unspecified atom stereocenters. The van der Waals surface area contributed by atoms with Crippen molar-refractivity contribution in [3.63, 3.8) is 0 Å². The highest BCUT2D eigenvalue weighted by Crippen LogP contribution is 2.38. The van der Waals surface area contributed by atoms with Crippen LogP contribution in [0.25, 0.3) is 0 Å². The van der Waals surface area contributed by atoms with E-state index >= 15 is 0 Å². The minimum Gasteiger partial charge on any atom is -0.464 e. The lowest BCUT2D eigenvalue weighted by Gasteiger charge is -2.24. The maximum atomic E-state index is 12.2. The highest BCUT2D eigenvalue weighted by Gasteiger charge is 2.32. The Bertz CT molecular complexity index is 733. The summed E-state index contributed by atoms with van der Waals surface area (Å²) in [6.45, 7) is 1.56. The van der Waals surface area contributed by atoms with Crippen molar-refractivity contribution in [2.24, 2.45) is 0 Å². The van der Waals surface area contributed by atoms with E-state index in [1.807, 2.05) is 55.4 Å². The fourth-order valence-corrected chi connectivity index (χ4v) is 5.00. The van der Waals surface area contributed by atoms with Gasteiger partial charge in [-0.2, -0.15) is 11.8 Å². The van der Waals surface area contributed by atoms with Crippen LogP contribution in [0.5, 0.6) is 0 Å². The third-order valence-electron chi connectivity index (χ3n) is 4.03. The molecule has 0 radical (unpaired) electrons. The molecule has 1 aliphatic heterocycles. The van der Waals surface area contributed by atoms with Crippen molar-refractivity contribution < 1.29 is 9.21 Å². The minimum atomic E-state index is 0.0932. The van der Waals surface area contributed by atoms with Gasteiger partial charge in [0.25, 0.3) is 0 Å². The molecule has 1 saturated heterocycles. The van der Waals surface area contributed by atoms with Crippen LogP contribution in [0.3, 0.4) is 0 Å². The average molecular weight is 411 g/mol. The number of nitrogens with zero attached hydrogens (tertiary/aromatic N) is 2. The molecule has 0 bridgehead atoms. The SMILES string of the molecule is CN(C)Cc1ccc(CSCCN2C(=O)CSC2c2ccc(Cl)cc2)o1. The molecule has 1 aromatic carbocycles. The van der Waals surface area contributed by atoms with Crippen LogP contribution in [-0.2, 0) is 17.1 Å². The standard InChI is InChI=1S/C19H23ClN2O2S2/c1-21(2)11-16-7-8-17(24-16)12-25-10-9-22-18(23)13-26-19(22)14-3-5-15(20)6-4-14/h3-8,19H,9-13H2,1-2H3. The summed E-state index contributed by atoms with van der Waals surface area (Å²) in [4.78, 5) is 16.3. The molecule has 4 nitrogen and oxygen atoms in total. The normalized spacial score (nSPS) is 17.5. The topological polar surface area (TPSA) is 36.7 Å². The van der Waals surface area contributed by atoms with E-state index in [-0.39, 0.29) is 11.3 Å². The Hall–Kier alpha value is -1.08. The number of hydrogen-bond donors (Lipinski definition) is 0. The Morgan fingerprint density at radius 2 is 1.96 bits per heavy atom. The molecule has 7 heteroatoms. The molecule has 1 amide bonds. The predicted molar refractivity (Wildman–Crippen MR) is 111 cm³/mol. The Morgan fingerprint density at radius 3 is 2.69 bits per heavy atom. The fourth-order valence-electron chi connectivity index (χ4n) is 2.83. The van der Waals surface area contributed by atoms with Crippen molar-refractivity contribution in [1.29, 1.82) is 0 Å². The average Bonchev–Trinajstić information content (AvgIpc) is 3.19. The number of furan rings is 1. The predicted octanol–water partition coefficient (Wildman–Crippen LogP) is 4.50. The molecule has 26 heavy (non-hydrogen) atoms. The molecule has 140 valence electrons. The first kappa shape index (κ1) is 19.7. The summed E-state index contributed by atoms with van der Waals surface area (Å²) in [6.07, 6.45) is 0. The van der Waals surface area contributed by atoms with E-state index < -0.39 is 0 Å². The van der Waals surface area contributed by atoms with Crippen molar-refractivity contribution in [2.75, 3.05) is 32.1 Å². The highest BCUT2D eigenvalue weighted by molar-refractivity contribution is 8.00. The molecule has 1 aliphatic rings. The number of rotatable bonds is 8. The Labute approximate surface area is 168 Å². The lowest BCUT2D eigenvalue weighted by molar-refractivity contribution is -0.127. The first-order chi connectivity index (χ1) is 12.5. The minimum absolute atomic E-state index is 0.0932. The number of hydrogen-bond acceptors (Lipinski definition) is 5. The molecule has 0 N–H and O–H groups in total.